The zero-order valence-corrected chi connectivity index (χ0v) is 9.50. The average molecular weight is 220 g/mol. The Balaban J connectivity index is 2.64. The van der Waals surface area contributed by atoms with Crippen LogP contribution in [-0.2, 0) is 0 Å². The van der Waals surface area contributed by atoms with Gasteiger partial charge in [-0.15, -0.1) is 0 Å². The predicted molar refractivity (Wildman–Crippen MR) is 60.1 cm³/mol. The molecule has 0 fully saturated rings. The van der Waals surface area contributed by atoms with E-state index in [0.29, 0.717) is 11.3 Å². The lowest BCUT2D eigenvalue weighted by Gasteiger charge is -2.00. The highest BCUT2D eigenvalue weighted by atomic mass is 19.1. The van der Waals surface area contributed by atoms with Crippen molar-refractivity contribution in [1.82, 2.24) is 0 Å². The Kier molecular flexibility index (Phi) is 2.54. The summed E-state index contributed by atoms with van der Waals surface area (Å²) in [5.74, 6) is -0.182. The molecule has 0 saturated carbocycles. The van der Waals surface area contributed by atoms with E-state index in [2.05, 4.69) is 0 Å². The molecule has 0 atom stereocenters. The van der Waals surface area contributed by atoms with Crippen LogP contribution in [-0.4, -0.2) is 5.78 Å². The zero-order valence-electron chi connectivity index (χ0n) is 9.50. The Morgan fingerprint density at radius 3 is 2.69 bits per heavy atom. The van der Waals surface area contributed by atoms with Gasteiger partial charge in [0.05, 0.1) is 0 Å². The number of hydrogen-bond donors (Lipinski definition) is 0. The molecule has 0 saturated heterocycles. The molecule has 1 heterocycles. The molecule has 16 heavy (non-hydrogen) atoms. The van der Waals surface area contributed by atoms with Gasteiger partial charge >= 0.3 is 0 Å². The third-order valence-corrected chi connectivity index (χ3v) is 2.65. The number of halogens is 1. The van der Waals surface area contributed by atoms with Crippen molar-refractivity contribution in [1.29, 1.82) is 0 Å². The summed E-state index contributed by atoms with van der Waals surface area (Å²) >= 11 is 0. The first-order chi connectivity index (χ1) is 7.50. The van der Waals surface area contributed by atoms with Gasteiger partial charge in [-0.05, 0) is 19.1 Å². The van der Waals surface area contributed by atoms with E-state index in [1.54, 1.807) is 6.07 Å². The number of rotatable bonds is 2. The molecule has 0 aliphatic rings. The van der Waals surface area contributed by atoms with Crippen LogP contribution in [0.3, 0.4) is 0 Å². The van der Waals surface area contributed by atoms with Gasteiger partial charge in [-0.2, -0.15) is 0 Å². The number of hydrogen-bond acceptors (Lipinski definition) is 2. The second kappa shape index (κ2) is 3.74. The highest BCUT2D eigenvalue weighted by Crippen LogP contribution is 2.27. The monoisotopic (exact) mass is 220 g/mol. The van der Waals surface area contributed by atoms with E-state index in [1.807, 2.05) is 20.8 Å². The lowest BCUT2D eigenvalue weighted by atomic mass is 10.0. The molecule has 0 spiro atoms. The summed E-state index contributed by atoms with van der Waals surface area (Å²) in [7, 11) is 0. The largest absolute Gasteiger partial charge is 0.453 e. The van der Waals surface area contributed by atoms with Gasteiger partial charge in [-0.25, -0.2) is 4.39 Å². The highest BCUT2D eigenvalue weighted by Gasteiger charge is 2.20. The third-order valence-electron chi connectivity index (χ3n) is 2.65. The minimum Gasteiger partial charge on any atom is -0.453 e. The van der Waals surface area contributed by atoms with Crippen LogP contribution in [0.2, 0.25) is 0 Å². The Bertz CT molecular complexity index is 552. The molecule has 1 aromatic heterocycles. The van der Waals surface area contributed by atoms with Crippen molar-refractivity contribution in [2.75, 3.05) is 0 Å². The summed E-state index contributed by atoms with van der Waals surface area (Å²) < 4.78 is 18.4. The topological polar surface area (TPSA) is 30.2 Å². The molecule has 0 unspecified atom stereocenters. The van der Waals surface area contributed by atoms with E-state index in [9.17, 15) is 9.18 Å². The molecular formula is C13H13FO2. The Morgan fingerprint density at radius 2 is 2.06 bits per heavy atom. The molecule has 0 aliphatic heterocycles. The van der Waals surface area contributed by atoms with E-state index in [-0.39, 0.29) is 17.5 Å². The van der Waals surface area contributed by atoms with Crippen LogP contribution in [0.4, 0.5) is 4.39 Å². The average Bonchev–Trinajstić information content (AvgIpc) is 2.54. The van der Waals surface area contributed by atoms with Crippen molar-refractivity contribution in [2.45, 2.75) is 20.8 Å². The predicted octanol–water partition coefficient (Wildman–Crippen LogP) is 3.72. The van der Waals surface area contributed by atoms with Crippen LogP contribution in [0.15, 0.2) is 22.6 Å². The smallest absolute Gasteiger partial charge is 0.200 e. The van der Waals surface area contributed by atoms with Gasteiger partial charge in [0, 0.05) is 22.9 Å². The van der Waals surface area contributed by atoms with Gasteiger partial charge in [0.2, 0.25) is 5.78 Å². The molecule has 2 aromatic rings. The standard InChI is InChI=1S/C13H13FO2/c1-7(2)12(15)13-8(3)10-5-4-9(14)6-11(10)16-13/h4-7H,1-3H3. The molecule has 0 bridgehead atoms. The van der Waals surface area contributed by atoms with Crippen molar-refractivity contribution >= 4 is 16.8 Å². The maximum absolute atomic E-state index is 13.0. The molecule has 0 amide bonds. The van der Waals surface area contributed by atoms with Crippen LogP contribution in [0, 0.1) is 18.7 Å². The first kappa shape index (κ1) is 10.9. The molecule has 1 aromatic carbocycles. The minimum absolute atomic E-state index is 0.0471. The fraction of sp³-hybridized carbons (Fsp3) is 0.308. The van der Waals surface area contributed by atoms with Crippen LogP contribution < -0.4 is 0 Å². The van der Waals surface area contributed by atoms with Gasteiger partial charge in [-0.1, -0.05) is 13.8 Å². The van der Waals surface area contributed by atoms with E-state index >= 15 is 0 Å². The highest BCUT2D eigenvalue weighted by molar-refractivity contribution is 6.01. The number of Topliss-reactive ketones (excluding diaryl/α,β-unsaturated/α-hetero) is 1. The zero-order chi connectivity index (χ0) is 11.9. The van der Waals surface area contributed by atoms with Gasteiger partial charge < -0.3 is 4.42 Å². The molecule has 0 aliphatic carbocycles. The molecule has 0 radical (unpaired) electrons. The number of furan rings is 1. The molecule has 0 N–H and O–H groups in total. The normalized spacial score (nSPS) is 11.3. The van der Waals surface area contributed by atoms with Gasteiger partial charge in [0.15, 0.2) is 5.76 Å². The van der Waals surface area contributed by atoms with Crippen molar-refractivity contribution in [3.05, 3.63) is 35.3 Å². The van der Waals surface area contributed by atoms with E-state index in [1.165, 1.54) is 12.1 Å². The van der Waals surface area contributed by atoms with E-state index in [4.69, 9.17) is 4.42 Å². The minimum atomic E-state index is -0.357. The lowest BCUT2D eigenvalue weighted by molar-refractivity contribution is 0.0912. The molecule has 84 valence electrons. The van der Waals surface area contributed by atoms with Crippen molar-refractivity contribution in [2.24, 2.45) is 5.92 Å². The fourth-order valence-corrected chi connectivity index (χ4v) is 1.70. The van der Waals surface area contributed by atoms with Crippen LogP contribution in [0.5, 0.6) is 0 Å². The fourth-order valence-electron chi connectivity index (χ4n) is 1.70. The van der Waals surface area contributed by atoms with Crippen molar-refractivity contribution in [3.8, 4) is 0 Å². The number of fused-ring (bicyclic) bond motifs is 1. The molecular weight excluding hydrogens is 207 g/mol. The van der Waals surface area contributed by atoms with Crippen LogP contribution >= 0.6 is 0 Å². The van der Waals surface area contributed by atoms with Crippen LogP contribution in [0.1, 0.15) is 30.0 Å². The number of aryl methyl sites for hydroxylation is 1. The number of ketones is 1. The first-order valence-corrected chi connectivity index (χ1v) is 5.23. The van der Waals surface area contributed by atoms with Crippen molar-refractivity contribution < 1.29 is 13.6 Å². The summed E-state index contributed by atoms with van der Waals surface area (Å²) in [5.41, 5.74) is 1.22. The van der Waals surface area contributed by atoms with Crippen molar-refractivity contribution in [3.63, 3.8) is 0 Å². The summed E-state index contributed by atoms with van der Waals surface area (Å²) in [6.45, 7) is 5.45. The number of carbonyl (C=O) groups excluding carboxylic acids is 1. The first-order valence-electron chi connectivity index (χ1n) is 5.23. The Labute approximate surface area is 93.1 Å². The van der Waals surface area contributed by atoms with E-state index < -0.39 is 0 Å². The SMILES string of the molecule is Cc1c(C(=O)C(C)C)oc2cc(F)ccc12. The summed E-state index contributed by atoms with van der Waals surface area (Å²) in [5, 5.41) is 0.797. The molecule has 2 nitrogen and oxygen atoms in total. The summed E-state index contributed by atoms with van der Waals surface area (Å²) in [6, 6.07) is 4.31. The van der Waals surface area contributed by atoms with E-state index in [0.717, 1.165) is 10.9 Å². The molecule has 2 rings (SSSR count). The summed E-state index contributed by atoms with van der Waals surface area (Å²) in [6.07, 6.45) is 0. The number of carbonyl (C=O) groups is 1. The second-order valence-corrected chi connectivity index (χ2v) is 4.22. The number of benzene rings is 1. The lowest BCUT2D eigenvalue weighted by Crippen LogP contribution is -2.07. The third kappa shape index (κ3) is 1.62. The summed E-state index contributed by atoms with van der Waals surface area (Å²) in [4.78, 5) is 11.8. The van der Waals surface area contributed by atoms with Gasteiger partial charge in [0.25, 0.3) is 0 Å². The quantitative estimate of drug-likeness (QED) is 0.722. The van der Waals surface area contributed by atoms with Gasteiger partial charge in [-0.3, -0.25) is 4.79 Å². The molecule has 3 heteroatoms. The Hall–Kier alpha value is -1.64. The van der Waals surface area contributed by atoms with Crippen LogP contribution in [0.25, 0.3) is 11.0 Å². The maximum atomic E-state index is 13.0. The Morgan fingerprint density at radius 1 is 1.38 bits per heavy atom. The second-order valence-electron chi connectivity index (χ2n) is 4.22. The van der Waals surface area contributed by atoms with Gasteiger partial charge in [0.1, 0.15) is 11.4 Å². The maximum Gasteiger partial charge on any atom is 0.200 e.